The molecule has 0 aliphatic carbocycles. The van der Waals surface area contributed by atoms with Crippen LogP contribution in [-0.2, 0) is 11.2 Å². The zero-order chi connectivity index (χ0) is 14.5. The molecule has 0 spiro atoms. The van der Waals surface area contributed by atoms with E-state index in [0.29, 0.717) is 6.54 Å². The van der Waals surface area contributed by atoms with Crippen LogP contribution >= 0.6 is 0 Å². The summed E-state index contributed by atoms with van der Waals surface area (Å²) in [5.41, 5.74) is 8.14. The van der Waals surface area contributed by atoms with Crippen molar-refractivity contribution in [2.45, 2.75) is 38.8 Å². The highest BCUT2D eigenvalue weighted by molar-refractivity contribution is 5.80. The number of nitrogens with two attached hydrogens (primary N) is 1. The van der Waals surface area contributed by atoms with Crippen LogP contribution in [0, 0.1) is 0 Å². The summed E-state index contributed by atoms with van der Waals surface area (Å²) in [6.45, 7) is 6.74. The van der Waals surface area contributed by atoms with Crippen molar-refractivity contribution in [3.8, 4) is 0 Å². The van der Waals surface area contributed by atoms with Crippen LogP contribution in [0.3, 0.4) is 0 Å². The molecule has 4 nitrogen and oxygen atoms in total. The first kappa shape index (κ1) is 15.0. The maximum atomic E-state index is 11.6. The van der Waals surface area contributed by atoms with Crippen LogP contribution < -0.4 is 11.1 Å². The smallest absolute Gasteiger partial charge is 0.236 e. The number of carbonyl (C=O) groups is 1. The molecule has 1 aromatic carbocycles. The van der Waals surface area contributed by atoms with E-state index >= 15 is 0 Å². The molecule has 110 valence electrons. The van der Waals surface area contributed by atoms with Crippen molar-refractivity contribution < 1.29 is 4.79 Å². The second-order valence-electron chi connectivity index (χ2n) is 5.53. The predicted molar refractivity (Wildman–Crippen MR) is 81.4 cm³/mol. The van der Waals surface area contributed by atoms with Crippen LogP contribution in [0.2, 0.25) is 0 Å². The van der Waals surface area contributed by atoms with Gasteiger partial charge in [-0.2, -0.15) is 0 Å². The number of piperazine rings is 1. The number of hydrogen-bond donors (Lipinski definition) is 2. The van der Waals surface area contributed by atoms with Gasteiger partial charge in [-0.25, -0.2) is 0 Å². The summed E-state index contributed by atoms with van der Waals surface area (Å²) in [5, 5.41) is 3.24. The Bertz CT molecular complexity index is 444. The molecule has 4 heteroatoms. The van der Waals surface area contributed by atoms with Crippen LogP contribution in [0.1, 0.15) is 37.4 Å². The van der Waals surface area contributed by atoms with Crippen molar-refractivity contribution in [2.75, 3.05) is 19.6 Å². The maximum absolute atomic E-state index is 11.6. The highest BCUT2D eigenvalue weighted by atomic mass is 16.1. The van der Waals surface area contributed by atoms with Gasteiger partial charge in [0.05, 0.1) is 0 Å². The number of amides is 1. The molecule has 1 aliphatic rings. The fourth-order valence-electron chi connectivity index (χ4n) is 2.89. The molecular formula is C16H25N3O. The van der Waals surface area contributed by atoms with E-state index in [1.807, 2.05) is 0 Å². The molecule has 0 saturated carbocycles. The Kier molecular flexibility index (Phi) is 5.15. The first-order chi connectivity index (χ1) is 9.63. The molecule has 0 bridgehead atoms. The number of benzene rings is 1. The van der Waals surface area contributed by atoms with Crippen molar-refractivity contribution in [3.63, 3.8) is 0 Å². The summed E-state index contributed by atoms with van der Waals surface area (Å²) in [4.78, 5) is 13.8. The number of rotatable bonds is 5. The summed E-state index contributed by atoms with van der Waals surface area (Å²) < 4.78 is 0. The van der Waals surface area contributed by atoms with Gasteiger partial charge in [0.15, 0.2) is 0 Å². The Hall–Kier alpha value is -1.39. The van der Waals surface area contributed by atoms with E-state index in [-0.39, 0.29) is 18.0 Å². The van der Waals surface area contributed by atoms with E-state index in [1.165, 1.54) is 11.1 Å². The van der Waals surface area contributed by atoms with Crippen molar-refractivity contribution in [2.24, 2.45) is 5.73 Å². The Morgan fingerprint density at radius 3 is 2.75 bits per heavy atom. The second kappa shape index (κ2) is 6.86. The predicted octanol–water partition coefficient (Wildman–Crippen LogP) is 1.46. The van der Waals surface area contributed by atoms with E-state index in [0.717, 1.165) is 25.9 Å². The van der Waals surface area contributed by atoms with Gasteiger partial charge in [-0.1, -0.05) is 37.6 Å². The molecule has 3 N–H and O–H groups in total. The second-order valence-corrected chi connectivity index (χ2v) is 5.53. The number of primary amides is 1. The normalized spacial score (nSPS) is 21.6. The van der Waals surface area contributed by atoms with Crippen molar-refractivity contribution >= 4 is 5.91 Å². The summed E-state index contributed by atoms with van der Waals surface area (Å²) >= 11 is 0. The van der Waals surface area contributed by atoms with Crippen molar-refractivity contribution in [3.05, 3.63) is 35.4 Å². The van der Waals surface area contributed by atoms with Crippen LogP contribution in [0.15, 0.2) is 24.3 Å². The number of hydrogen-bond acceptors (Lipinski definition) is 3. The minimum absolute atomic E-state index is 0.213. The van der Waals surface area contributed by atoms with Gasteiger partial charge in [-0.15, -0.1) is 0 Å². The van der Waals surface area contributed by atoms with Gasteiger partial charge < -0.3 is 11.1 Å². The molecule has 1 heterocycles. The van der Waals surface area contributed by atoms with Gasteiger partial charge >= 0.3 is 0 Å². The Balaban J connectivity index is 2.12. The molecule has 1 fully saturated rings. The molecule has 0 aromatic heterocycles. The summed E-state index contributed by atoms with van der Waals surface area (Å²) in [5.74, 6) is -0.244. The minimum atomic E-state index is -0.244. The quantitative estimate of drug-likeness (QED) is 0.855. The zero-order valence-corrected chi connectivity index (χ0v) is 12.4. The minimum Gasteiger partial charge on any atom is -0.368 e. The molecule has 2 rings (SSSR count). The number of aryl methyl sites for hydroxylation is 1. The highest BCUT2D eigenvalue weighted by Crippen LogP contribution is 2.24. The van der Waals surface area contributed by atoms with Gasteiger partial charge in [-0.3, -0.25) is 9.69 Å². The fraction of sp³-hybridized carbons (Fsp3) is 0.562. The van der Waals surface area contributed by atoms with E-state index in [9.17, 15) is 4.79 Å². The maximum Gasteiger partial charge on any atom is 0.236 e. The lowest BCUT2D eigenvalue weighted by molar-refractivity contribution is -0.124. The molecule has 20 heavy (non-hydrogen) atoms. The lowest BCUT2D eigenvalue weighted by Crippen LogP contribution is -2.57. The lowest BCUT2D eigenvalue weighted by Gasteiger charge is -2.38. The third-order valence-electron chi connectivity index (χ3n) is 4.11. The third-order valence-corrected chi connectivity index (χ3v) is 4.11. The monoisotopic (exact) mass is 275 g/mol. The Morgan fingerprint density at radius 1 is 1.45 bits per heavy atom. The SMILES string of the molecule is CCCc1ccc(C(C)N2CCNCC2C(N)=O)cc1. The van der Waals surface area contributed by atoms with Gasteiger partial charge in [0, 0.05) is 25.7 Å². The van der Waals surface area contributed by atoms with E-state index in [1.54, 1.807) is 0 Å². The zero-order valence-electron chi connectivity index (χ0n) is 12.4. The summed E-state index contributed by atoms with van der Waals surface area (Å²) in [7, 11) is 0. The number of nitrogens with one attached hydrogen (secondary N) is 1. The standard InChI is InChI=1S/C16H25N3O/c1-3-4-13-5-7-14(8-6-13)12(2)19-10-9-18-11-15(19)16(17)20/h5-8,12,15,18H,3-4,9-11H2,1-2H3,(H2,17,20). The van der Waals surface area contributed by atoms with Gasteiger partial charge in [-0.05, 0) is 24.5 Å². The molecule has 2 atom stereocenters. The van der Waals surface area contributed by atoms with E-state index in [4.69, 9.17) is 5.73 Å². The molecule has 1 amide bonds. The first-order valence-corrected chi connectivity index (χ1v) is 7.48. The van der Waals surface area contributed by atoms with Crippen LogP contribution in [0.25, 0.3) is 0 Å². The first-order valence-electron chi connectivity index (χ1n) is 7.48. The molecule has 1 aliphatic heterocycles. The average molecular weight is 275 g/mol. The summed E-state index contributed by atoms with van der Waals surface area (Å²) in [6.07, 6.45) is 2.28. The lowest BCUT2D eigenvalue weighted by atomic mass is 10.0. The highest BCUT2D eigenvalue weighted by Gasteiger charge is 2.30. The largest absolute Gasteiger partial charge is 0.368 e. The number of carbonyl (C=O) groups excluding carboxylic acids is 1. The van der Waals surface area contributed by atoms with Crippen LogP contribution in [0.5, 0.6) is 0 Å². The molecule has 0 radical (unpaired) electrons. The third kappa shape index (κ3) is 3.38. The molecule has 1 saturated heterocycles. The topological polar surface area (TPSA) is 58.4 Å². The Morgan fingerprint density at radius 2 is 2.15 bits per heavy atom. The van der Waals surface area contributed by atoms with E-state index in [2.05, 4.69) is 48.3 Å². The van der Waals surface area contributed by atoms with Crippen LogP contribution in [-0.4, -0.2) is 36.5 Å². The van der Waals surface area contributed by atoms with Gasteiger partial charge in [0.1, 0.15) is 6.04 Å². The van der Waals surface area contributed by atoms with Crippen molar-refractivity contribution in [1.82, 2.24) is 10.2 Å². The van der Waals surface area contributed by atoms with Gasteiger partial charge in [0.2, 0.25) is 5.91 Å². The van der Waals surface area contributed by atoms with E-state index < -0.39 is 0 Å². The Labute approximate surface area is 121 Å². The fourth-order valence-corrected chi connectivity index (χ4v) is 2.89. The summed E-state index contributed by atoms with van der Waals surface area (Å²) in [6, 6.07) is 8.73. The number of nitrogens with zero attached hydrogens (tertiary/aromatic N) is 1. The van der Waals surface area contributed by atoms with Gasteiger partial charge in [0.25, 0.3) is 0 Å². The van der Waals surface area contributed by atoms with Crippen LogP contribution in [0.4, 0.5) is 0 Å². The molecule has 2 unspecified atom stereocenters. The van der Waals surface area contributed by atoms with Crippen molar-refractivity contribution in [1.29, 1.82) is 0 Å². The average Bonchev–Trinajstić information content (AvgIpc) is 2.47. The molecule has 1 aromatic rings. The molecular weight excluding hydrogens is 250 g/mol.